The summed E-state index contributed by atoms with van der Waals surface area (Å²) in [5, 5.41) is 0. The number of pyridine rings is 1. The summed E-state index contributed by atoms with van der Waals surface area (Å²) in [6.45, 7) is 5.66. The number of hydrogen-bond acceptors (Lipinski definition) is 4. The zero-order chi connectivity index (χ0) is 21.8. The number of para-hydroxylation sites is 2. The second-order valence-electron chi connectivity index (χ2n) is 7.68. The van der Waals surface area contributed by atoms with Crippen LogP contribution in [0.2, 0.25) is 0 Å². The highest BCUT2D eigenvalue weighted by Crippen LogP contribution is 2.21. The van der Waals surface area contributed by atoms with Gasteiger partial charge in [-0.3, -0.25) is 9.78 Å². The molecule has 158 valence electrons. The Hall–Kier alpha value is -3.67. The van der Waals surface area contributed by atoms with Gasteiger partial charge >= 0.3 is 0 Å². The van der Waals surface area contributed by atoms with Gasteiger partial charge in [0.15, 0.2) is 0 Å². The van der Waals surface area contributed by atoms with Gasteiger partial charge in [-0.25, -0.2) is 4.98 Å². The lowest BCUT2D eigenvalue weighted by Crippen LogP contribution is -2.28. The number of carbonyl (C=O) groups excluding carboxylic acids is 1. The molecule has 31 heavy (non-hydrogen) atoms. The van der Waals surface area contributed by atoms with Crippen LogP contribution in [0.5, 0.6) is 5.75 Å². The number of benzene rings is 2. The molecule has 2 aromatic heterocycles. The first-order valence-electron chi connectivity index (χ1n) is 10.3. The molecule has 2 heterocycles. The summed E-state index contributed by atoms with van der Waals surface area (Å²) in [6, 6.07) is 17.7. The fraction of sp³-hybridized carbons (Fsp3) is 0.240. The van der Waals surface area contributed by atoms with Gasteiger partial charge in [0.1, 0.15) is 18.2 Å². The summed E-state index contributed by atoms with van der Waals surface area (Å²) in [6.07, 6.45) is 3.25. The highest BCUT2D eigenvalue weighted by atomic mass is 16.5. The molecule has 0 aliphatic carbocycles. The van der Waals surface area contributed by atoms with Crippen molar-refractivity contribution in [1.82, 2.24) is 19.4 Å². The summed E-state index contributed by atoms with van der Waals surface area (Å²) < 4.78 is 8.22. The minimum Gasteiger partial charge on any atom is -0.491 e. The van der Waals surface area contributed by atoms with Gasteiger partial charge in [-0.05, 0) is 55.3 Å². The Bertz CT molecular complexity index is 1200. The molecule has 4 rings (SSSR count). The van der Waals surface area contributed by atoms with E-state index in [1.807, 2.05) is 25.1 Å². The van der Waals surface area contributed by atoms with Gasteiger partial charge in [-0.1, -0.05) is 24.3 Å². The van der Waals surface area contributed by atoms with Crippen LogP contribution in [0.25, 0.3) is 11.0 Å². The number of amides is 1. The smallest absolute Gasteiger partial charge is 0.254 e. The molecule has 0 atom stereocenters. The highest BCUT2D eigenvalue weighted by Gasteiger charge is 2.17. The van der Waals surface area contributed by atoms with Crippen molar-refractivity contribution in [3.05, 3.63) is 89.5 Å². The largest absolute Gasteiger partial charge is 0.491 e. The number of ether oxygens (including phenoxy) is 1. The molecule has 0 unspecified atom stereocenters. The van der Waals surface area contributed by atoms with Gasteiger partial charge in [-0.15, -0.1) is 0 Å². The Morgan fingerprint density at radius 3 is 2.65 bits per heavy atom. The summed E-state index contributed by atoms with van der Waals surface area (Å²) in [5.74, 6) is 1.67. The number of aryl methyl sites for hydroxylation is 2. The van der Waals surface area contributed by atoms with Gasteiger partial charge in [0.05, 0.1) is 24.1 Å². The molecular formula is C25H26N4O2. The van der Waals surface area contributed by atoms with Crippen molar-refractivity contribution in [1.29, 1.82) is 0 Å². The molecule has 0 aliphatic heterocycles. The molecule has 0 N–H and O–H groups in total. The van der Waals surface area contributed by atoms with Crippen LogP contribution in [0.1, 0.15) is 27.3 Å². The number of rotatable bonds is 7. The Morgan fingerprint density at radius 1 is 1.06 bits per heavy atom. The van der Waals surface area contributed by atoms with E-state index in [0.717, 1.165) is 28.2 Å². The molecule has 0 spiro atoms. The van der Waals surface area contributed by atoms with Crippen molar-refractivity contribution in [2.45, 2.75) is 26.9 Å². The maximum Gasteiger partial charge on any atom is 0.254 e. The third kappa shape index (κ3) is 4.58. The molecule has 0 fully saturated rings. The topological polar surface area (TPSA) is 60.2 Å². The first-order valence-corrected chi connectivity index (χ1v) is 10.3. The van der Waals surface area contributed by atoms with E-state index in [1.54, 1.807) is 36.5 Å². The van der Waals surface area contributed by atoms with Crippen molar-refractivity contribution < 1.29 is 9.53 Å². The molecule has 4 aromatic rings. The SMILES string of the molecule is Cc1ccc(C)c(OCCn2c(CN(C)C(=O)c3ccncc3)nc3ccccc32)c1. The maximum atomic E-state index is 12.8. The predicted molar refractivity (Wildman–Crippen MR) is 121 cm³/mol. The van der Waals surface area contributed by atoms with Gasteiger partial charge in [0.2, 0.25) is 0 Å². The Morgan fingerprint density at radius 2 is 1.84 bits per heavy atom. The van der Waals surface area contributed by atoms with Crippen molar-refractivity contribution in [3.63, 3.8) is 0 Å². The normalized spacial score (nSPS) is 10.9. The number of fused-ring (bicyclic) bond motifs is 1. The van der Waals surface area contributed by atoms with E-state index < -0.39 is 0 Å². The fourth-order valence-corrected chi connectivity index (χ4v) is 3.60. The highest BCUT2D eigenvalue weighted by molar-refractivity contribution is 5.93. The van der Waals surface area contributed by atoms with E-state index in [9.17, 15) is 4.79 Å². The summed E-state index contributed by atoms with van der Waals surface area (Å²) in [4.78, 5) is 23.2. The van der Waals surface area contributed by atoms with Crippen LogP contribution in [0.3, 0.4) is 0 Å². The molecule has 1 amide bonds. The summed E-state index contributed by atoms with van der Waals surface area (Å²) >= 11 is 0. The number of carbonyl (C=O) groups is 1. The lowest BCUT2D eigenvalue weighted by Gasteiger charge is -2.18. The average Bonchev–Trinajstić information content (AvgIpc) is 3.13. The quantitative estimate of drug-likeness (QED) is 0.450. The standard InChI is InChI=1S/C25H26N4O2/c1-18-8-9-19(2)23(16-18)31-15-14-29-22-7-5-4-6-21(22)27-24(29)17-28(3)25(30)20-10-12-26-13-11-20/h4-13,16H,14-15,17H2,1-3H3. The van der Waals surface area contributed by atoms with E-state index in [2.05, 4.69) is 40.7 Å². The molecule has 6 heteroatoms. The number of hydrogen-bond donors (Lipinski definition) is 0. The third-order valence-corrected chi connectivity index (χ3v) is 5.30. The van der Waals surface area contributed by atoms with Crippen molar-refractivity contribution >= 4 is 16.9 Å². The molecule has 6 nitrogen and oxygen atoms in total. The molecule has 0 aliphatic rings. The van der Waals surface area contributed by atoms with Crippen LogP contribution in [0.15, 0.2) is 67.0 Å². The van der Waals surface area contributed by atoms with Crippen LogP contribution < -0.4 is 4.74 Å². The third-order valence-electron chi connectivity index (χ3n) is 5.30. The summed E-state index contributed by atoms with van der Waals surface area (Å²) in [5.41, 5.74) is 4.84. The van der Waals surface area contributed by atoms with Gasteiger partial charge < -0.3 is 14.2 Å². The zero-order valence-corrected chi connectivity index (χ0v) is 18.1. The molecular weight excluding hydrogens is 388 g/mol. The molecule has 0 saturated carbocycles. The van der Waals surface area contributed by atoms with Crippen LogP contribution in [-0.4, -0.2) is 39.0 Å². The van der Waals surface area contributed by atoms with E-state index in [4.69, 9.17) is 9.72 Å². The van der Waals surface area contributed by atoms with E-state index in [0.29, 0.717) is 25.3 Å². The molecule has 2 aromatic carbocycles. The molecule has 0 saturated heterocycles. The van der Waals surface area contributed by atoms with E-state index in [1.165, 1.54) is 5.56 Å². The minimum atomic E-state index is -0.0624. The van der Waals surface area contributed by atoms with Gasteiger partial charge in [-0.2, -0.15) is 0 Å². The van der Waals surface area contributed by atoms with Crippen LogP contribution in [0, 0.1) is 13.8 Å². The monoisotopic (exact) mass is 414 g/mol. The van der Waals surface area contributed by atoms with Crippen LogP contribution in [0.4, 0.5) is 0 Å². The minimum absolute atomic E-state index is 0.0624. The molecule has 0 radical (unpaired) electrons. The maximum absolute atomic E-state index is 12.8. The summed E-state index contributed by atoms with van der Waals surface area (Å²) in [7, 11) is 1.79. The number of imidazole rings is 1. The fourth-order valence-electron chi connectivity index (χ4n) is 3.60. The molecule has 0 bridgehead atoms. The van der Waals surface area contributed by atoms with Crippen molar-refractivity contribution in [3.8, 4) is 5.75 Å². The first kappa shape index (κ1) is 20.6. The Kier molecular flexibility index (Phi) is 5.98. The zero-order valence-electron chi connectivity index (χ0n) is 18.1. The van der Waals surface area contributed by atoms with Gasteiger partial charge in [0.25, 0.3) is 5.91 Å². The average molecular weight is 415 g/mol. The van der Waals surface area contributed by atoms with Crippen molar-refractivity contribution in [2.24, 2.45) is 0 Å². The van der Waals surface area contributed by atoms with Gasteiger partial charge in [0, 0.05) is 25.0 Å². The first-order chi connectivity index (χ1) is 15.0. The second-order valence-corrected chi connectivity index (χ2v) is 7.68. The van der Waals surface area contributed by atoms with Crippen LogP contribution in [-0.2, 0) is 13.1 Å². The van der Waals surface area contributed by atoms with Crippen molar-refractivity contribution in [2.75, 3.05) is 13.7 Å². The van der Waals surface area contributed by atoms with E-state index >= 15 is 0 Å². The lowest BCUT2D eigenvalue weighted by atomic mass is 10.1. The number of aromatic nitrogens is 3. The number of nitrogens with zero attached hydrogens (tertiary/aromatic N) is 4. The Labute approximate surface area is 182 Å². The van der Waals surface area contributed by atoms with E-state index in [-0.39, 0.29) is 5.91 Å². The van der Waals surface area contributed by atoms with Crippen LogP contribution >= 0.6 is 0 Å². The second kappa shape index (κ2) is 9.00. The predicted octanol–water partition coefficient (Wildman–Crippen LogP) is 4.40. The lowest BCUT2D eigenvalue weighted by molar-refractivity contribution is 0.0780. The Balaban J connectivity index is 1.54.